The number of hydrogen-bond acceptors (Lipinski definition) is 5. The van der Waals surface area contributed by atoms with Crippen LogP contribution in [-0.2, 0) is 14.3 Å². The summed E-state index contributed by atoms with van der Waals surface area (Å²) >= 11 is 0. The minimum absolute atomic E-state index is 0.201. The molecule has 0 aromatic heterocycles. The molecule has 0 N–H and O–H groups in total. The van der Waals surface area contributed by atoms with E-state index in [-0.39, 0.29) is 11.3 Å². The maximum atomic E-state index is 12.1. The third-order valence-corrected chi connectivity index (χ3v) is 3.85. The van der Waals surface area contributed by atoms with Gasteiger partial charge in [0.05, 0.1) is 5.69 Å². The lowest BCUT2D eigenvalue weighted by Gasteiger charge is -2.06. The number of fused-ring (bicyclic) bond motifs is 1. The summed E-state index contributed by atoms with van der Waals surface area (Å²) in [6.45, 7) is -0.896. The fraction of sp³-hybridized carbons (Fsp3) is 0.143. The molecule has 9 heteroatoms. The summed E-state index contributed by atoms with van der Waals surface area (Å²) < 4.78 is 61.4. The van der Waals surface area contributed by atoms with Gasteiger partial charge in [-0.1, -0.05) is 24.3 Å². The Hall–Kier alpha value is -2.26. The van der Waals surface area contributed by atoms with E-state index in [4.69, 9.17) is 0 Å². The minimum atomic E-state index is -5.66. The van der Waals surface area contributed by atoms with Crippen LogP contribution in [0.15, 0.2) is 41.4 Å². The molecule has 0 saturated heterocycles. The lowest BCUT2D eigenvalue weighted by molar-refractivity contribution is -0.0532. The average molecular weight is 345 g/mol. The molecule has 0 aliphatic carbocycles. The highest BCUT2D eigenvalue weighted by atomic mass is 32.2. The summed E-state index contributed by atoms with van der Waals surface area (Å²) in [4.78, 5) is 14.8. The molecule has 0 aliphatic rings. The van der Waals surface area contributed by atoms with Crippen molar-refractivity contribution in [1.29, 1.82) is 0 Å². The Balaban J connectivity index is 2.20. The summed E-state index contributed by atoms with van der Waals surface area (Å²) in [6, 6.07) is 10.3. The van der Waals surface area contributed by atoms with E-state index in [1.54, 1.807) is 36.4 Å². The van der Waals surface area contributed by atoms with E-state index in [0.717, 1.165) is 17.0 Å². The molecule has 5 nitrogen and oxygen atoms in total. The molecule has 0 aliphatic heterocycles. The maximum Gasteiger partial charge on any atom is 0.523 e. The largest absolute Gasteiger partial charge is 0.523 e. The molecular weight excluding hydrogens is 335 g/mol. The third kappa shape index (κ3) is 3.93. The van der Waals surface area contributed by atoms with E-state index in [2.05, 4.69) is 9.18 Å². The Kier molecular flexibility index (Phi) is 4.81. The van der Waals surface area contributed by atoms with Crippen molar-refractivity contribution in [3.05, 3.63) is 42.0 Å². The van der Waals surface area contributed by atoms with Gasteiger partial charge in [-0.15, -0.1) is 0 Å². The van der Waals surface area contributed by atoms with Crippen LogP contribution in [0.3, 0.4) is 0 Å². The molecule has 0 unspecified atom stereocenters. The molecule has 0 heterocycles. The number of aldehydes is 1. The quantitative estimate of drug-likeness (QED) is 0.361. The number of aliphatic imine (C=N–C) groups is 1. The number of carbonyl (C=O) groups is 1. The van der Waals surface area contributed by atoms with Crippen LogP contribution in [0.25, 0.3) is 10.8 Å². The Labute approximate surface area is 129 Å². The lowest BCUT2D eigenvalue weighted by atomic mass is 10.1. The molecule has 0 saturated carbocycles. The summed E-state index contributed by atoms with van der Waals surface area (Å²) in [5, 5.41) is 1.57. The first-order valence-electron chi connectivity index (χ1n) is 6.21. The predicted octanol–water partition coefficient (Wildman–Crippen LogP) is 3.22. The first-order valence-corrected chi connectivity index (χ1v) is 7.61. The SMILES string of the molecule is O=Cc1cc2ccccc2cc1N=CCOS(=O)(=O)C(F)(F)F. The third-order valence-electron chi connectivity index (χ3n) is 2.83. The zero-order chi connectivity index (χ0) is 17.1. The number of benzene rings is 2. The van der Waals surface area contributed by atoms with Crippen LogP contribution >= 0.6 is 0 Å². The molecule has 0 amide bonds. The van der Waals surface area contributed by atoms with Gasteiger partial charge in [0.2, 0.25) is 0 Å². The predicted molar refractivity (Wildman–Crippen MR) is 78.4 cm³/mol. The van der Waals surface area contributed by atoms with Crippen molar-refractivity contribution in [2.45, 2.75) is 5.51 Å². The number of alkyl halides is 3. The monoisotopic (exact) mass is 345 g/mol. The van der Waals surface area contributed by atoms with Crippen LogP contribution in [0.4, 0.5) is 18.9 Å². The van der Waals surface area contributed by atoms with E-state index >= 15 is 0 Å². The topological polar surface area (TPSA) is 72.8 Å². The van der Waals surface area contributed by atoms with Crippen molar-refractivity contribution in [3.63, 3.8) is 0 Å². The van der Waals surface area contributed by atoms with Gasteiger partial charge in [-0.2, -0.15) is 21.6 Å². The van der Waals surface area contributed by atoms with E-state index < -0.39 is 22.2 Å². The highest BCUT2D eigenvalue weighted by molar-refractivity contribution is 7.87. The molecule has 2 aromatic carbocycles. The van der Waals surface area contributed by atoms with Crippen molar-refractivity contribution in [2.24, 2.45) is 4.99 Å². The second-order valence-corrected chi connectivity index (χ2v) is 5.98. The zero-order valence-electron chi connectivity index (χ0n) is 11.4. The summed E-state index contributed by atoms with van der Waals surface area (Å²) in [5.41, 5.74) is -5.07. The van der Waals surface area contributed by atoms with Crippen LogP contribution in [0.5, 0.6) is 0 Å². The van der Waals surface area contributed by atoms with Crippen LogP contribution in [-0.4, -0.2) is 33.0 Å². The summed E-state index contributed by atoms with van der Waals surface area (Å²) in [7, 11) is -5.66. The van der Waals surface area contributed by atoms with E-state index in [1.165, 1.54) is 0 Å². The van der Waals surface area contributed by atoms with Gasteiger partial charge in [-0.25, -0.2) is 0 Å². The standard InChI is InChI=1S/C14H10F3NO4S/c15-14(16,17)23(20,21)22-6-5-18-13-8-11-4-2-1-3-10(11)7-12(13)9-19/h1-5,7-9H,6H2. The van der Waals surface area contributed by atoms with Gasteiger partial charge in [0.1, 0.15) is 6.61 Å². The average Bonchev–Trinajstić information content (AvgIpc) is 2.49. The Morgan fingerprint density at radius 1 is 1.13 bits per heavy atom. The fourth-order valence-electron chi connectivity index (χ4n) is 1.77. The van der Waals surface area contributed by atoms with Crippen molar-refractivity contribution in [1.82, 2.24) is 0 Å². The molecule has 0 fully saturated rings. The number of carbonyl (C=O) groups excluding carboxylic acids is 1. The lowest BCUT2D eigenvalue weighted by Crippen LogP contribution is -2.26. The van der Waals surface area contributed by atoms with Gasteiger partial charge in [-0.3, -0.25) is 14.0 Å². The van der Waals surface area contributed by atoms with Crippen LogP contribution in [0.2, 0.25) is 0 Å². The first-order chi connectivity index (χ1) is 10.7. The van der Waals surface area contributed by atoms with E-state index in [1.807, 2.05) is 0 Å². The van der Waals surface area contributed by atoms with Crippen LogP contribution in [0, 0.1) is 0 Å². The van der Waals surface area contributed by atoms with Gasteiger partial charge in [0.15, 0.2) is 6.29 Å². The highest BCUT2D eigenvalue weighted by Gasteiger charge is 2.47. The molecule has 0 bridgehead atoms. The number of rotatable bonds is 5. The summed E-state index contributed by atoms with van der Waals surface area (Å²) in [5.74, 6) is 0. The second kappa shape index (κ2) is 6.47. The molecule has 0 atom stereocenters. The van der Waals surface area contributed by atoms with Gasteiger partial charge < -0.3 is 0 Å². The zero-order valence-corrected chi connectivity index (χ0v) is 12.3. The number of nitrogens with zero attached hydrogens (tertiary/aromatic N) is 1. The van der Waals surface area contributed by atoms with Crippen molar-refractivity contribution < 1.29 is 30.6 Å². The van der Waals surface area contributed by atoms with Crippen molar-refractivity contribution >= 4 is 39.1 Å². The number of hydrogen-bond donors (Lipinski definition) is 0. The van der Waals surface area contributed by atoms with Gasteiger partial charge in [0.25, 0.3) is 0 Å². The van der Waals surface area contributed by atoms with Crippen molar-refractivity contribution in [2.75, 3.05) is 6.61 Å². The van der Waals surface area contributed by atoms with Gasteiger partial charge in [-0.05, 0) is 22.9 Å². The summed E-state index contributed by atoms with van der Waals surface area (Å²) in [6.07, 6.45) is 1.40. The highest BCUT2D eigenvalue weighted by Crippen LogP contribution is 2.26. The molecule has 0 spiro atoms. The Morgan fingerprint density at radius 2 is 1.74 bits per heavy atom. The molecule has 23 heavy (non-hydrogen) atoms. The van der Waals surface area contributed by atoms with Crippen LogP contribution < -0.4 is 0 Å². The van der Waals surface area contributed by atoms with E-state index in [0.29, 0.717) is 6.29 Å². The first kappa shape index (κ1) is 17.1. The normalized spacial score (nSPS) is 12.8. The Morgan fingerprint density at radius 3 is 2.30 bits per heavy atom. The van der Waals surface area contributed by atoms with Crippen LogP contribution in [0.1, 0.15) is 10.4 Å². The van der Waals surface area contributed by atoms with E-state index in [9.17, 15) is 26.4 Å². The molecule has 2 rings (SSSR count). The molecular formula is C14H10F3NO4S. The molecule has 122 valence electrons. The van der Waals surface area contributed by atoms with Crippen molar-refractivity contribution in [3.8, 4) is 0 Å². The smallest absolute Gasteiger partial charge is 0.298 e. The Bertz CT molecular complexity index is 860. The second-order valence-electron chi connectivity index (χ2n) is 4.37. The number of halogens is 3. The maximum absolute atomic E-state index is 12.1. The molecule has 2 aromatic rings. The van der Waals surface area contributed by atoms with Gasteiger partial charge in [0, 0.05) is 11.8 Å². The minimum Gasteiger partial charge on any atom is -0.298 e. The molecule has 0 radical (unpaired) electrons. The fourth-order valence-corrected chi connectivity index (χ4v) is 2.15. The van der Waals surface area contributed by atoms with Gasteiger partial charge >= 0.3 is 15.6 Å².